The molecule has 0 unspecified atom stereocenters. The van der Waals surface area contributed by atoms with Gasteiger partial charge in [-0.25, -0.2) is 0 Å². The maximum atomic E-state index is 12.5. The number of carbonyl (C=O) groups is 1. The summed E-state index contributed by atoms with van der Waals surface area (Å²) >= 11 is 2.22. The normalized spacial score (nSPS) is 15.0. The van der Waals surface area contributed by atoms with E-state index in [9.17, 15) is 4.79 Å². The summed E-state index contributed by atoms with van der Waals surface area (Å²) in [4.78, 5) is 12.5. The molecule has 1 aromatic heterocycles. The number of nitrogens with one attached hydrogen (secondary N) is 1. The topological polar surface area (TPSA) is 69.9 Å². The first-order valence-corrected chi connectivity index (χ1v) is 10.0. The predicted octanol–water partition coefficient (Wildman–Crippen LogP) is 4.14. The van der Waals surface area contributed by atoms with Crippen LogP contribution in [0.2, 0.25) is 0 Å². The Kier molecular flexibility index (Phi) is 6.37. The Balaban J connectivity index is 1.77. The minimum absolute atomic E-state index is 0.123. The van der Waals surface area contributed by atoms with Crippen molar-refractivity contribution in [2.24, 2.45) is 0 Å². The predicted molar refractivity (Wildman–Crippen MR) is 106 cm³/mol. The number of furan rings is 1. The molecular weight excluding hydrogens is 409 g/mol. The number of amides is 1. The minimum atomic E-state index is -0.435. The molecular formula is C22H25NO5V. The molecule has 0 saturated carbocycles. The van der Waals surface area contributed by atoms with Crippen LogP contribution in [0.5, 0.6) is 11.7 Å². The average Bonchev–Trinajstić information content (AvgIpc) is 3.26. The second-order valence-corrected chi connectivity index (χ2v) is 8.24. The molecule has 1 heterocycles. The van der Waals surface area contributed by atoms with Crippen LogP contribution in [-0.2, 0) is 38.3 Å². The Hall–Kier alpha value is -2.28. The molecule has 0 radical (unpaired) electrons. The van der Waals surface area contributed by atoms with Crippen LogP contribution in [0.4, 0.5) is 0 Å². The number of methoxy groups -OCH3 is 2. The van der Waals surface area contributed by atoms with Crippen LogP contribution in [-0.4, -0.2) is 24.5 Å². The summed E-state index contributed by atoms with van der Waals surface area (Å²) in [5.74, 6) is 0.684. The first-order valence-electron chi connectivity index (χ1n) is 9.31. The van der Waals surface area contributed by atoms with Gasteiger partial charge in [0.05, 0.1) is 0 Å². The van der Waals surface area contributed by atoms with Gasteiger partial charge in [0.1, 0.15) is 0 Å². The fourth-order valence-electron chi connectivity index (χ4n) is 3.43. The van der Waals surface area contributed by atoms with Crippen LogP contribution >= 0.6 is 0 Å². The van der Waals surface area contributed by atoms with E-state index in [0.717, 1.165) is 24.2 Å². The summed E-state index contributed by atoms with van der Waals surface area (Å²) in [5, 5.41) is 2.69. The van der Waals surface area contributed by atoms with Gasteiger partial charge in [-0.15, -0.1) is 0 Å². The summed E-state index contributed by atoms with van der Waals surface area (Å²) in [6, 6.07) is 7.47. The zero-order chi connectivity index (χ0) is 21.2. The van der Waals surface area contributed by atoms with E-state index >= 15 is 0 Å². The standard InChI is InChI=1S/C22H25NO5.V/c1-14-10-15-8-9-22(2,3)17(15)11-19(14)28-20-7-6-18(27-20)21(24)23-16(12-25-4)13-26-5;/h6-7,10-12H,8-9H2,1-5H3,(H,23,24);. The molecule has 6 nitrogen and oxygen atoms in total. The number of ether oxygens (including phenoxy) is 3. The van der Waals surface area contributed by atoms with Crippen molar-refractivity contribution < 1.29 is 40.4 Å². The molecule has 3 rings (SSSR count). The number of carbonyl (C=O) groups excluding carboxylic acids is 1. The third kappa shape index (κ3) is 4.66. The van der Waals surface area contributed by atoms with Gasteiger partial charge in [-0.3, -0.25) is 0 Å². The van der Waals surface area contributed by atoms with Gasteiger partial charge in [0.25, 0.3) is 0 Å². The summed E-state index contributed by atoms with van der Waals surface area (Å²) in [6.45, 7) is 6.51. The second-order valence-electron chi connectivity index (χ2n) is 7.61. The molecule has 0 atom stereocenters. The number of aryl methyl sites for hydroxylation is 2. The van der Waals surface area contributed by atoms with Gasteiger partial charge in [-0.2, -0.15) is 0 Å². The molecule has 0 aliphatic heterocycles. The van der Waals surface area contributed by atoms with Crippen LogP contribution in [0, 0.1) is 6.92 Å². The van der Waals surface area contributed by atoms with Crippen molar-refractivity contribution in [2.45, 2.75) is 39.0 Å². The molecule has 1 aromatic carbocycles. The molecule has 0 fully saturated rings. The van der Waals surface area contributed by atoms with Crippen LogP contribution in [0.25, 0.3) is 0 Å². The molecule has 0 spiro atoms. The van der Waals surface area contributed by atoms with E-state index in [-0.39, 0.29) is 17.1 Å². The molecule has 0 saturated heterocycles. The van der Waals surface area contributed by atoms with Crippen molar-refractivity contribution in [1.82, 2.24) is 5.32 Å². The van der Waals surface area contributed by atoms with Gasteiger partial charge < -0.3 is 0 Å². The van der Waals surface area contributed by atoms with E-state index in [0.29, 0.717) is 10.1 Å². The van der Waals surface area contributed by atoms with E-state index < -0.39 is 5.91 Å². The Labute approximate surface area is 179 Å². The van der Waals surface area contributed by atoms with Gasteiger partial charge in [0.2, 0.25) is 0 Å². The van der Waals surface area contributed by atoms with Crippen molar-refractivity contribution in [1.29, 1.82) is 0 Å². The van der Waals surface area contributed by atoms with Crippen molar-refractivity contribution in [3.05, 3.63) is 58.7 Å². The van der Waals surface area contributed by atoms with E-state index in [1.165, 1.54) is 31.6 Å². The number of hydrogen-bond donors (Lipinski definition) is 1. The quantitative estimate of drug-likeness (QED) is 0.664. The third-order valence-corrected chi connectivity index (χ3v) is 5.73. The summed E-state index contributed by atoms with van der Waals surface area (Å²) < 4.78 is 22.1. The van der Waals surface area contributed by atoms with Gasteiger partial charge in [0, 0.05) is 0 Å². The van der Waals surface area contributed by atoms with Crippen molar-refractivity contribution in [3.8, 4) is 11.7 Å². The van der Waals surface area contributed by atoms with Gasteiger partial charge in [-0.1, -0.05) is 13.8 Å². The van der Waals surface area contributed by atoms with Gasteiger partial charge >= 0.3 is 153 Å². The number of rotatable bonds is 7. The first kappa shape index (κ1) is 21.4. The molecule has 29 heavy (non-hydrogen) atoms. The van der Waals surface area contributed by atoms with E-state index in [1.54, 1.807) is 12.1 Å². The van der Waals surface area contributed by atoms with Gasteiger partial charge in [0.15, 0.2) is 0 Å². The number of hydrogen-bond acceptors (Lipinski definition) is 5. The Morgan fingerprint density at radius 1 is 1.28 bits per heavy atom. The maximum absolute atomic E-state index is 12.5. The zero-order valence-corrected chi connectivity index (χ0v) is 18.7. The molecule has 7 heteroatoms. The van der Waals surface area contributed by atoms with Crippen molar-refractivity contribution in [3.63, 3.8) is 0 Å². The zero-order valence-electron chi connectivity index (χ0n) is 17.3. The fraction of sp³-hybridized carbons (Fsp3) is 0.364. The molecule has 0 bridgehead atoms. The fourth-order valence-corrected chi connectivity index (χ4v) is 3.60. The SMILES string of the molecule is COC=C(NC(=O)c1ccc(Oc2cc3c(cc2C)CCC3(C)C)o1)[C](=[V])OC. The average molecular weight is 434 g/mol. The Morgan fingerprint density at radius 3 is 2.72 bits per heavy atom. The molecule has 1 aliphatic carbocycles. The monoisotopic (exact) mass is 434 g/mol. The first-order chi connectivity index (χ1) is 13.7. The molecule has 1 N–H and O–H groups in total. The molecule has 153 valence electrons. The molecule has 1 aliphatic rings. The Morgan fingerprint density at radius 2 is 2.03 bits per heavy atom. The summed E-state index contributed by atoms with van der Waals surface area (Å²) in [7, 11) is 2.99. The molecule has 1 amide bonds. The summed E-state index contributed by atoms with van der Waals surface area (Å²) in [5.41, 5.74) is 4.24. The summed E-state index contributed by atoms with van der Waals surface area (Å²) in [6.07, 6.45) is 3.59. The van der Waals surface area contributed by atoms with E-state index in [1.807, 2.05) is 6.92 Å². The van der Waals surface area contributed by atoms with Crippen LogP contribution in [0.1, 0.15) is 47.5 Å². The van der Waals surface area contributed by atoms with E-state index in [2.05, 4.69) is 48.3 Å². The van der Waals surface area contributed by atoms with Crippen molar-refractivity contribution >= 4 is 10.3 Å². The van der Waals surface area contributed by atoms with Crippen molar-refractivity contribution in [2.75, 3.05) is 14.2 Å². The second kappa shape index (κ2) is 8.61. The third-order valence-electron chi connectivity index (χ3n) is 5.07. The van der Waals surface area contributed by atoms with Gasteiger partial charge in [-0.05, 0) is 12.8 Å². The van der Waals surface area contributed by atoms with Crippen LogP contribution in [0.15, 0.2) is 40.6 Å². The Bertz CT molecular complexity index is 974. The number of benzene rings is 1. The number of fused-ring (bicyclic) bond motifs is 1. The van der Waals surface area contributed by atoms with E-state index in [4.69, 9.17) is 18.6 Å². The molecule has 2 aromatic rings. The van der Waals surface area contributed by atoms with Crippen LogP contribution < -0.4 is 10.1 Å². The van der Waals surface area contributed by atoms with Crippen LogP contribution in [0.3, 0.4) is 0 Å².